The molecule has 7 N–H and O–H groups in total. The van der Waals surface area contributed by atoms with Crippen LogP contribution >= 0.6 is 0 Å². The number of nitrogens with two attached hydrogens (primary N) is 2. The summed E-state index contributed by atoms with van der Waals surface area (Å²) in [6.45, 7) is 2.09. The Balaban J connectivity index is -0.000000126. The number of hydrogen-bond acceptors (Lipinski definition) is 9. The van der Waals surface area contributed by atoms with Crippen LogP contribution in [0.5, 0.6) is 0 Å². The van der Waals surface area contributed by atoms with Gasteiger partial charge in [0.1, 0.15) is 0 Å². The van der Waals surface area contributed by atoms with E-state index < -0.39 is 32.6 Å². The Morgan fingerprint density at radius 1 is 1.00 bits per heavy atom. The van der Waals surface area contributed by atoms with Gasteiger partial charge in [0.05, 0.1) is 0 Å². The Hall–Kier alpha value is -0.723. The topological polar surface area (TPSA) is 215 Å². The van der Waals surface area contributed by atoms with E-state index in [2.05, 4.69) is 0 Å². The molecule has 0 saturated heterocycles. The van der Waals surface area contributed by atoms with Gasteiger partial charge in [0.25, 0.3) is 0 Å². The van der Waals surface area contributed by atoms with Crippen LogP contribution in [0.2, 0.25) is 16.6 Å². The fourth-order valence-corrected chi connectivity index (χ4v) is 4.01. The summed E-state index contributed by atoms with van der Waals surface area (Å²) in [4.78, 5) is 31.4. The minimum absolute atomic E-state index is 0.0480. The molecule has 0 aliphatic heterocycles. The molecule has 4 atom stereocenters. The van der Waals surface area contributed by atoms with Gasteiger partial charge < -0.3 is 0 Å². The Bertz CT molecular complexity index is 434. The van der Waals surface area contributed by atoms with Crippen LogP contribution in [0, 0.1) is 0 Å². The molecule has 0 bridgehead atoms. The van der Waals surface area contributed by atoms with Gasteiger partial charge in [-0.2, -0.15) is 19.2 Å². The van der Waals surface area contributed by atoms with Gasteiger partial charge in [-0.3, -0.25) is 0 Å². The van der Waals surface area contributed by atoms with Crippen LogP contribution in [0.25, 0.3) is 0 Å². The minimum Gasteiger partial charge on any atom is -0.186 e. The molecule has 13 heteroatoms. The zero-order valence-corrected chi connectivity index (χ0v) is 17.6. The van der Waals surface area contributed by atoms with E-state index in [0.29, 0.717) is 11.6 Å². The predicted molar refractivity (Wildman–Crippen MR) is 81.8 cm³/mol. The number of aliphatic hydroxyl groups is 1. The Kier molecular flexibility index (Phi) is 24.1. The summed E-state index contributed by atoms with van der Waals surface area (Å²) in [5.74, 6) is 0. The van der Waals surface area contributed by atoms with Crippen molar-refractivity contribution in [1.82, 2.24) is 0 Å². The zero-order valence-electron chi connectivity index (χ0n) is 13.8. The SMILES string of the molecule is CC(N)CC[As](C)(=O)O.C[As](=O)(O)C(O)CCN.O=C=O.O=C=O. The largest absolute Gasteiger partial charge is 0.373 e. The summed E-state index contributed by atoms with van der Waals surface area (Å²) >= 11 is -7.21. The maximum atomic E-state index is 10.7. The van der Waals surface area contributed by atoms with Crippen molar-refractivity contribution in [1.29, 1.82) is 0 Å². The van der Waals surface area contributed by atoms with E-state index in [4.69, 9.17) is 43.9 Å². The van der Waals surface area contributed by atoms with Crippen LogP contribution in [0.15, 0.2) is 0 Å². The summed E-state index contributed by atoms with van der Waals surface area (Å²) < 4.78 is 38.9. The second-order valence-electron chi connectivity index (χ2n) is 4.71. The first-order valence-corrected chi connectivity index (χ1v) is 15.8. The third-order valence-electron chi connectivity index (χ3n) is 1.98. The van der Waals surface area contributed by atoms with Gasteiger partial charge in [-0.1, -0.05) is 0 Å². The van der Waals surface area contributed by atoms with Gasteiger partial charge in [0, 0.05) is 0 Å². The molecule has 24 heavy (non-hydrogen) atoms. The first-order chi connectivity index (χ1) is 10.7. The van der Waals surface area contributed by atoms with Crippen LogP contribution in [0.4, 0.5) is 0 Å². The standard InChI is InChI=1S/C5H14AsNO2.C4H12AsNO3.2CO2/c1-5(7)3-4-6(2,8)9;1-5(8,9)4(7)2-3-6;2*2-1-3/h5H,3-4,7H2,1-2H3,(H,8,9);4,7H,2-3,6H2,1H3,(H,8,9);;. The molecule has 0 radical (unpaired) electrons. The molecule has 0 aromatic carbocycles. The van der Waals surface area contributed by atoms with Crippen LogP contribution in [-0.2, 0) is 26.7 Å². The summed E-state index contributed by atoms with van der Waals surface area (Å²) in [6, 6.07) is 0.0480. The number of hydrogen-bond donors (Lipinski definition) is 5. The van der Waals surface area contributed by atoms with Gasteiger partial charge in [-0.15, -0.1) is 0 Å². The smallest absolute Gasteiger partial charge is 0.186 e. The van der Waals surface area contributed by atoms with E-state index in [1.807, 2.05) is 6.92 Å². The summed E-state index contributed by atoms with van der Waals surface area (Å²) in [6.07, 6.45) is 1.37. The molecule has 0 aromatic heterocycles. The van der Waals surface area contributed by atoms with E-state index in [-0.39, 0.29) is 31.3 Å². The third-order valence-corrected chi connectivity index (χ3v) is 7.12. The van der Waals surface area contributed by atoms with Crippen molar-refractivity contribution in [2.75, 3.05) is 6.54 Å². The molecule has 0 saturated carbocycles. The molecule has 0 amide bonds. The van der Waals surface area contributed by atoms with Gasteiger partial charge in [0.15, 0.2) is 0 Å². The van der Waals surface area contributed by atoms with E-state index in [9.17, 15) is 7.48 Å². The molecule has 0 heterocycles. The molecule has 11 nitrogen and oxygen atoms in total. The fourth-order valence-electron chi connectivity index (χ4n) is 0.832. The van der Waals surface area contributed by atoms with Gasteiger partial charge in [0.2, 0.25) is 0 Å². The van der Waals surface area contributed by atoms with Gasteiger partial charge in [-0.25, -0.2) is 0 Å². The van der Waals surface area contributed by atoms with Crippen molar-refractivity contribution in [2.24, 2.45) is 11.5 Å². The van der Waals surface area contributed by atoms with Crippen molar-refractivity contribution in [3.8, 4) is 0 Å². The molecule has 0 aliphatic carbocycles. The van der Waals surface area contributed by atoms with Crippen molar-refractivity contribution < 1.29 is 40.0 Å². The molecule has 144 valence electrons. The normalized spacial score (nSPS) is 16.3. The summed E-state index contributed by atoms with van der Waals surface area (Å²) in [5.41, 5.74) is 13.0. The van der Waals surface area contributed by atoms with Crippen molar-refractivity contribution >= 4 is 40.0 Å². The molecule has 0 aromatic rings. The van der Waals surface area contributed by atoms with Crippen molar-refractivity contribution in [3.63, 3.8) is 0 Å². The first kappa shape index (κ1) is 31.1. The third kappa shape index (κ3) is 42.9. The average molecular weight is 480 g/mol. The minimum atomic E-state index is -3.86. The average Bonchev–Trinajstić information content (AvgIpc) is 2.37. The zero-order chi connectivity index (χ0) is 20.4. The molecule has 0 rings (SSSR count). The van der Waals surface area contributed by atoms with E-state index in [1.165, 1.54) is 11.4 Å². The summed E-state index contributed by atoms with van der Waals surface area (Å²) in [7, 11) is 0. The van der Waals surface area contributed by atoms with E-state index in [1.54, 1.807) is 0 Å². The Morgan fingerprint density at radius 3 is 1.42 bits per heavy atom. The Labute approximate surface area is 145 Å². The maximum Gasteiger partial charge on any atom is 0.373 e. The molecule has 0 spiro atoms. The second-order valence-corrected chi connectivity index (χ2v) is 15.3. The number of rotatable bonds is 6. The predicted octanol–water partition coefficient (Wildman–Crippen LogP) is -2.22. The first-order valence-electron chi connectivity index (χ1n) is 6.44. The van der Waals surface area contributed by atoms with Crippen LogP contribution in [0.1, 0.15) is 19.8 Å². The molecular weight excluding hydrogens is 454 g/mol. The Morgan fingerprint density at radius 2 is 1.33 bits per heavy atom. The van der Waals surface area contributed by atoms with Crippen molar-refractivity contribution in [2.45, 2.75) is 47.3 Å². The van der Waals surface area contributed by atoms with Crippen LogP contribution in [0.3, 0.4) is 0 Å². The molecule has 0 fully saturated rings. The van der Waals surface area contributed by atoms with E-state index >= 15 is 0 Å². The second kappa shape index (κ2) is 18.6. The van der Waals surface area contributed by atoms with E-state index in [0.717, 1.165) is 0 Å². The number of aliphatic hydroxyl groups excluding tert-OH is 1. The molecular formula is C11H26As2N2O9. The van der Waals surface area contributed by atoms with Crippen LogP contribution < -0.4 is 11.5 Å². The molecule has 0 aliphatic rings. The molecule has 4 unspecified atom stereocenters. The fraction of sp³-hybridized carbons (Fsp3) is 0.818. The maximum absolute atomic E-state index is 10.7. The van der Waals surface area contributed by atoms with Crippen molar-refractivity contribution in [3.05, 3.63) is 0 Å². The monoisotopic (exact) mass is 480 g/mol. The van der Waals surface area contributed by atoms with Gasteiger partial charge in [-0.05, 0) is 0 Å². The van der Waals surface area contributed by atoms with Gasteiger partial charge >= 0.3 is 126 Å². The quantitative estimate of drug-likeness (QED) is 0.257. The van der Waals surface area contributed by atoms with Crippen LogP contribution in [-0.4, -0.2) is 70.7 Å². The number of carbonyl (C=O) groups excluding carboxylic acids is 4. The summed E-state index contributed by atoms with van der Waals surface area (Å²) in [5, 5.41) is 9.22.